The van der Waals surface area contributed by atoms with Gasteiger partial charge in [-0.3, -0.25) is 4.79 Å². The number of carboxylic acids is 1. The van der Waals surface area contributed by atoms with E-state index in [4.69, 9.17) is 16.6 Å². The Morgan fingerprint density at radius 1 is 1.10 bits per heavy atom. The SMILES string of the molecule is C[C@H](c1ccc(-c2cc(Cl)ccc2C(=O)O)cc1)N(CC1CC1)c1nc(C(=O)NS(=O)(=O)C2CC2)c(C2CC2)s1. The number of carbonyl (C=O) groups excluding carboxylic acids is 1. The van der Waals surface area contributed by atoms with Gasteiger partial charge in [0.1, 0.15) is 5.69 Å². The van der Waals surface area contributed by atoms with Gasteiger partial charge in [-0.2, -0.15) is 0 Å². The number of hydrogen-bond donors (Lipinski definition) is 2. The maximum Gasteiger partial charge on any atom is 0.336 e. The lowest BCUT2D eigenvalue weighted by atomic mass is 9.97. The smallest absolute Gasteiger partial charge is 0.336 e. The number of aromatic carboxylic acids is 1. The standard InChI is InChI=1S/C29H30ClN3O5S2/c1-16(18-4-6-19(7-5-18)24-14-21(30)10-13-23(24)28(35)36)33(15-17-2-3-17)29-31-25(26(39-29)20-8-9-20)27(34)32-40(37,38)22-11-12-22/h4-7,10,13-14,16-17,20,22H,2-3,8-9,11-12,15H2,1H3,(H,32,34)(H,35,36)/t16-/m1/s1. The molecule has 210 valence electrons. The number of rotatable bonds is 11. The molecular weight excluding hydrogens is 570 g/mol. The van der Waals surface area contributed by atoms with Crippen molar-refractivity contribution < 1.29 is 23.1 Å². The topological polar surface area (TPSA) is 117 Å². The fraction of sp³-hybridized carbons (Fsp3) is 0.414. The lowest BCUT2D eigenvalue weighted by Gasteiger charge is -2.29. The highest BCUT2D eigenvalue weighted by atomic mass is 35.5. The molecule has 0 saturated heterocycles. The highest BCUT2D eigenvalue weighted by Crippen LogP contribution is 2.48. The van der Waals surface area contributed by atoms with E-state index in [1.165, 1.54) is 17.4 Å². The third-order valence-corrected chi connectivity index (χ3v) is 11.1. The molecule has 6 rings (SSSR count). The summed E-state index contributed by atoms with van der Waals surface area (Å²) in [6, 6.07) is 12.4. The van der Waals surface area contributed by atoms with Crippen molar-refractivity contribution in [2.75, 3.05) is 11.4 Å². The van der Waals surface area contributed by atoms with Crippen molar-refractivity contribution >= 4 is 50.0 Å². The van der Waals surface area contributed by atoms with Crippen molar-refractivity contribution in [3.8, 4) is 11.1 Å². The zero-order valence-corrected chi connectivity index (χ0v) is 24.4. The Morgan fingerprint density at radius 2 is 1.80 bits per heavy atom. The summed E-state index contributed by atoms with van der Waals surface area (Å²) in [5, 5.41) is 10.3. The van der Waals surface area contributed by atoms with Crippen LogP contribution in [0.4, 0.5) is 5.13 Å². The Labute approximate surface area is 242 Å². The molecule has 40 heavy (non-hydrogen) atoms. The van der Waals surface area contributed by atoms with E-state index in [1.54, 1.807) is 12.1 Å². The molecule has 1 aromatic heterocycles. The Balaban J connectivity index is 1.29. The largest absolute Gasteiger partial charge is 0.478 e. The molecule has 2 N–H and O–H groups in total. The Morgan fingerprint density at radius 3 is 2.40 bits per heavy atom. The highest BCUT2D eigenvalue weighted by Gasteiger charge is 2.40. The minimum absolute atomic E-state index is 0.0720. The fourth-order valence-corrected chi connectivity index (χ4v) is 7.68. The maximum atomic E-state index is 13.1. The number of thiazole rings is 1. The van der Waals surface area contributed by atoms with Gasteiger partial charge in [0.15, 0.2) is 5.13 Å². The van der Waals surface area contributed by atoms with E-state index in [2.05, 4.69) is 16.5 Å². The number of nitrogens with one attached hydrogen (secondary N) is 1. The molecule has 1 heterocycles. The maximum absolute atomic E-state index is 13.1. The number of amides is 1. The third kappa shape index (κ3) is 5.75. The molecule has 2 aromatic carbocycles. The van der Waals surface area contributed by atoms with Gasteiger partial charge in [-0.15, -0.1) is 11.3 Å². The predicted molar refractivity (Wildman–Crippen MR) is 156 cm³/mol. The third-order valence-electron chi connectivity index (χ3n) is 7.78. The van der Waals surface area contributed by atoms with Gasteiger partial charge in [0, 0.05) is 16.4 Å². The van der Waals surface area contributed by atoms with Crippen molar-refractivity contribution in [2.24, 2.45) is 5.92 Å². The first-order valence-electron chi connectivity index (χ1n) is 13.6. The van der Waals surface area contributed by atoms with Crippen LogP contribution in [-0.4, -0.2) is 42.2 Å². The van der Waals surface area contributed by atoms with Crippen LogP contribution in [0.5, 0.6) is 0 Å². The quantitative estimate of drug-likeness (QED) is 0.268. The van der Waals surface area contributed by atoms with E-state index < -0.39 is 27.1 Å². The summed E-state index contributed by atoms with van der Waals surface area (Å²) in [5.74, 6) is -0.851. The zero-order valence-electron chi connectivity index (χ0n) is 22.0. The second kappa shape index (κ2) is 10.5. The van der Waals surface area contributed by atoms with E-state index in [1.807, 2.05) is 24.3 Å². The van der Waals surface area contributed by atoms with Gasteiger partial charge in [-0.1, -0.05) is 35.9 Å². The summed E-state index contributed by atoms with van der Waals surface area (Å²) in [7, 11) is -3.67. The molecule has 0 radical (unpaired) electrons. The number of carboxylic acid groups (broad SMARTS) is 1. The van der Waals surface area contributed by atoms with E-state index >= 15 is 0 Å². The van der Waals surface area contributed by atoms with E-state index in [-0.39, 0.29) is 23.2 Å². The summed E-state index contributed by atoms with van der Waals surface area (Å²) in [6.07, 6.45) is 5.39. The van der Waals surface area contributed by atoms with Crippen LogP contribution in [-0.2, 0) is 10.0 Å². The molecule has 3 saturated carbocycles. The number of anilines is 1. The lowest BCUT2D eigenvalue weighted by Crippen LogP contribution is -2.34. The van der Waals surface area contributed by atoms with Gasteiger partial charge in [-0.05, 0) is 92.2 Å². The normalized spacial score (nSPS) is 17.9. The lowest BCUT2D eigenvalue weighted by molar-refractivity contribution is 0.0697. The van der Waals surface area contributed by atoms with Gasteiger partial charge in [0.25, 0.3) is 5.91 Å². The van der Waals surface area contributed by atoms with Crippen LogP contribution in [0.3, 0.4) is 0 Å². The average Bonchev–Trinajstić information content (AvgIpc) is 3.78. The average molecular weight is 600 g/mol. The first kappa shape index (κ1) is 27.2. The number of hydrogen-bond acceptors (Lipinski definition) is 7. The molecule has 1 atom stereocenters. The van der Waals surface area contributed by atoms with Gasteiger partial charge in [0.05, 0.1) is 16.9 Å². The van der Waals surface area contributed by atoms with Crippen molar-refractivity contribution in [3.63, 3.8) is 0 Å². The fourth-order valence-electron chi connectivity index (χ4n) is 4.91. The molecule has 3 aliphatic carbocycles. The van der Waals surface area contributed by atoms with Crippen LogP contribution in [0.15, 0.2) is 42.5 Å². The first-order valence-corrected chi connectivity index (χ1v) is 16.3. The van der Waals surface area contributed by atoms with Crippen molar-refractivity contribution in [2.45, 2.75) is 62.7 Å². The minimum atomic E-state index is -3.67. The molecule has 1 amide bonds. The van der Waals surface area contributed by atoms with Crippen LogP contribution < -0.4 is 9.62 Å². The summed E-state index contributed by atoms with van der Waals surface area (Å²) in [5.41, 5.74) is 2.75. The summed E-state index contributed by atoms with van der Waals surface area (Å²) in [4.78, 5) is 32.7. The number of carbonyl (C=O) groups is 2. The molecule has 8 nitrogen and oxygen atoms in total. The Hall–Kier alpha value is -2.95. The van der Waals surface area contributed by atoms with E-state index in [0.717, 1.165) is 53.4 Å². The number of benzene rings is 2. The van der Waals surface area contributed by atoms with Gasteiger partial charge in [0.2, 0.25) is 10.0 Å². The second-order valence-corrected chi connectivity index (χ2v) is 14.5. The molecule has 0 aliphatic heterocycles. The molecule has 3 fully saturated rings. The van der Waals surface area contributed by atoms with Crippen LogP contribution in [0, 0.1) is 5.92 Å². The van der Waals surface area contributed by atoms with Crippen LogP contribution in [0.25, 0.3) is 11.1 Å². The number of nitrogens with zero attached hydrogens (tertiary/aromatic N) is 2. The van der Waals surface area contributed by atoms with Crippen LogP contribution in [0.1, 0.15) is 88.7 Å². The molecule has 3 aliphatic rings. The van der Waals surface area contributed by atoms with Crippen molar-refractivity contribution in [1.82, 2.24) is 9.71 Å². The minimum Gasteiger partial charge on any atom is -0.478 e. The molecule has 0 bridgehead atoms. The molecule has 0 unspecified atom stereocenters. The summed E-state index contributed by atoms with van der Waals surface area (Å²) < 4.78 is 27.2. The molecule has 11 heteroatoms. The van der Waals surface area contributed by atoms with Crippen molar-refractivity contribution in [3.05, 3.63) is 69.2 Å². The molecular formula is C29H30ClN3O5S2. The van der Waals surface area contributed by atoms with Gasteiger partial charge in [-0.25, -0.2) is 22.9 Å². The van der Waals surface area contributed by atoms with Crippen molar-refractivity contribution in [1.29, 1.82) is 0 Å². The van der Waals surface area contributed by atoms with Gasteiger partial charge < -0.3 is 10.0 Å². The van der Waals surface area contributed by atoms with E-state index in [9.17, 15) is 23.1 Å². The Bertz CT molecular complexity index is 1580. The number of sulfonamides is 1. The zero-order chi connectivity index (χ0) is 28.2. The highest BCUT2D eigenvalue weighted by molar-refractivity contribution is 7.91. The second-order valence-electron chi connectivity index (χ2n) is 11.0. The summed E-state index contributed by atoms with van der Waals surface area (Å²) >= 11 is 7.66. The monoisotopic (exact) mass is 599 g/mol. The molecule has 3 aromatic rings. The Kier molecular flexibility index (Phi) is 7.13. The van der Waals surface area contributed by atoms with Crippen LogP contribution >= 0.6 is 22.9 Å². The summed E-state index contributed by atoms with van der Waals surface area (Å²) in [6.45, 7) is 2.88. The van der Waals surface area contributed by atoms with Crippen LogP contribution in [0.2, 0.25) is 5.02 Å². The van der Waals surface area contributed by atoms with Gasteiger partial charge >= 0.3 is 5.97 Å². The van der Waals surface area contributed by atoms with E-state index in [0.29, 0.717) is 29.3 Å². The number of halogens is 1. The first-order chi connectivity index (χ1) is 19.1. The predicted octanol–water partition coefficient (Wildman–Crippen LogP) is 6.24. The number of aromatic nitrogens is 1. The molecule has 0 spiro atoms.